The van der Waals surface area contributed by atoms with E-state index in [1.54, 1.807) is 0 Å². The third kappa shape index (κ3) is 4.66. The Kier molecular flexibility index (Phi) is 5.96. The second kappa shape index (κ2) is 8.98. The fraction of sp³-hybridized carbons (Fsp3) is 0.242. The maximum Gasteiger partial charge on any atom is 0.0711 e. The van der Waals surface area contributed by atoms with Gasteiger partial charge in [-0.05, 0) is 74.9 Å². The molecule has 0 aliphatic rings. The smallest absolute Gasteiger partial charge is 0.0711 e. The van der Waals surface area contributed by atoms with Crippen LogP contribution in [0.5, 0.6) is 0 Å². The SMILES string of the molecule is CC(C)(C)c1ccnc(-c2cccc(-c3ccc(-c4cc(C(C)(C)C)ccn4)c4cnccc34)c2)c1. The summed E-state index contributed by atoms with van der Waals surface area (Å²) in [4.78, 5) is 13.9. The molecule has 0 aliphatic heterocycles. The third-order valence-electron chi connectivity index (χ3n) is 6.82. The number of benzene rings is 2. The molecule has 5 aromatic rings. The molecule has 3 heteroatoms. The summed E-state index contributed by atoms with van der Waals surface area (Å²) >= 11 is 0. The summed E-state index contributed by atoms with van der Waals surface area (Å²) in [5.74, 6) is 0. The van der Waals surface area contributed by atoms with Crippen LogP contribution in [0.3, 0.4) is 0 Å². The molecule has 0 radical (unpaired) electrons. The Labute approximate surface area is 214 Å². The lowest BCUT2D eigenvalue weighted by molar-refractivity contribution is 0.589. The van der Waals surface area contributed by atoms with Gasteiger partial charge in [0.2, 0.25) is 0 Å². The largest absolute Gasteiger partial charge is 0.264 e. The summed E-state index contributed by atoms with van der Waals surface area (Å²) in [5, 5.41) is 2.27. The van der Waals surface area contributed by atoms with Crippen molar-refractivity contribution in [3.63, 3.8) is 0 Å². The minimum Gasteiger partial charge on any atom is -0.264 e. The molecule has 0 saturated carbocycles. The van der Waals surface area contributed by atoms with E-state index in [1.165, 1.54) is 22.1 Å². The average molecular weight is 472 g/mol. The number of rotatable bonds is 3. The molecular weight excluding hydrogens is 438 g/mol. The van der Waals surface area contributed by atoms with E-state index in [4.69, 9.17) is 4.98 Å². The molecule has 3 heterocycles. The van der Waals surface area contributed by atoms with Crippen molar-refractivity contribution in [3.8, 4) is 33.6 Å². The maximum atomic E-state index is 4.72. The molecule has 0 fully saturated rings. The molecule has 3 nitrogen and oxygen atoms in total. The summed E-state index contributed by atoms with van der Waals surface area (Å²) in [6.07, 6.45) is 7.65. The van der Waals surface area contributed by atoms with Crippen molar-refractivity contribution in [2.75, 3.05) is 0 Å². The first-order valence-electron chi connectivity index (χ1n) is 12.5. The number of hydrogen-bond donors (Lipinski definition) is 0. The highest BCUT2D eigenvalue weighted by Gasteiger charge is 2.17. The van der Waals surface area contributed by atoms with E-state index >= 15 is 0 Å². The Morgan fingerprint density at radius 1 is 0.528 bits per heavy atom. The maximum absolute atomic E-state index is 4.72. The average Bonchev–Trinajstić information content (AvgIpc) is 2.87. The van der Waals surface area contributed by atoms with E-state index < -0.39 is 0 Å². The van der Waals surface area contributed by atoms with Gasteiger partial charge in [-0.2, -0.15) is 0 Å². The monoisotopic (exact) mass is 471 g/mol. The molecule has 0 saturated heterocycles. The third-order valence-corrected chi connectivity index (χ3v) is 6.82. The van der Waals surface area contributed by atoms with Crippen molar-refractivity contribution in [1.29, 1.82) is 0 Å². The first kappa shape index (κ1) is 23.9. The molecule has 0 N–H and O–H groups in total. The first-order valence-corrected chi connectivity index (χ1v) is 12.5. The van der Waals surface area contributed by atoms with Gasteiger partial charge in [-0.1, -0.05) is 71.9 Å². The molecule has 3 aromatic heterocycles. The minimum atomic E-state index is 0.0600. The van der Waals surface area contributed by atoms with Crippen LogP contribution in [0.25, 0.3) is 44.4 Å². The fourth-order valence-electron chi connectivity index (χ4n) is 4.61. The highest BCUT2D eigenvalue weighted by Crippen LogP contribution is 2.37. The van der Waals surface area contributed by atoms with Gasteiger partial charge >= 0.3 is 0 Å². The van der Waals surface area contributed by atoms with Crippen LogP contribution in [0.2, 0.25) is 0 Å². The Balaban J connectivity index is 1.62. The zero-order chi connectivity index (χ0) is 25.5. The molecule has 2 aromatic carbocycles. The van der Waals surface area contributed by atoms with Gasteiger partial charge in [0.1, 0.15) is 0 Å². The van der Waals surface area contributed by atoms with E-state index in [0.717, 1.165) is 33.5 Å². The Bertz CT molecular complexity index is 1550. The van der Waals surface area contributed by atoms with Crippen molar-refractivity contribution in [2.45, 2.75) is 52.4 Å². The molecule has 0 atom stereocenters. The van der Waals surface area contributed by atoms with Crippen LogP contribution in [-0.2, 0) is 10.8 Å². The number of nitrogens with zero attached hydrogens (tertiary/aromatic N) is 3. The number of pyridine rings is 3. The van der Waals surface area contributed by atoms with Gasteiger partial charge in [-0.15, -0.1) is 0 Å². The molecule has 0 amide bonds. The standard InChI is InChI=1S/C33H33N3/c1-32(2,3)24-12-16-35-30(19-24)23-9-7-8-22(18-23)26-10-11-28(29-21-34-15-14-27(26)29)31-20-25(13-17-36-31)33(4,5)6/h7-21H,1-6H3. The molecular formula is C33H33N3. The Morgan fingerprint density at radius 2 is 1.14 bits per heavy atom. The van der Waals surface area contributed by atoms with Crippen LogP contribution in [-0.4, -0.2) is 15.0 Å². The van der Waals surface area contributed by atoms with Gasteiger partial charge in [-0.3, -0.25) is 15.0 Å². The van der Waals surface area contributed by atoms with Gasteiger partial charge in [-0.25, -0.2) is 0 Å². The van der Waals surface area contributed by atoms with Crippen LogP contribution in [0.15, 0.2) is 91.5 Å². The second-order valence-electron chi connectivity index (χ2n) is 11.5. The quantitative estimate of drug-likeness (QED) is 0.264. The number of aromatic nitrogens is 3. The van der Waals surface area contributed by atoms with Crippen LogP contribution < -0.4 is 0 Å². The molecule has 0 unspecified atom stereocenters. The van der Waals surface area contributed by atoms with Crippen LogP contribution in [0.4, 0.5) is 0 Å². The van der Waals surface area contributed by atoms with Gasteiger partial charge in [0.15, 0.2) is 0 Å². The number of fused-ring (bicyclic) bond motifs is 1. The summed E-state index contributed by atoms with van der Waals surface area (Å²) in [7, 11) is 0. The predicted octanol–water partition coefficient (Wildman–Crippen LogP) is 8.62. The molecule has 5 rings (SSSR count). The number of hydrogen-bond acceptors (Lipinski definition) is 3. The van der Waals surface area contributed by atoms with Crippen molar-refractivity contribution in [2.24, 2.45) is 0 Å². The van der Waals surface area contributed by atoms with Crippen LogP contribution in [0, 0.1) is 0 Å². The molecule has 0 aliphatic carbocycles. The Hall–Kier alpha value is -3.85. The van der Waals surface area contributed by atoms with Crippen molar-refractivity contribution in [1.82, 2.24) is 15.0 Å². The predicted molar refractivity (Wildman–Crippen MR) is 151 cm³/mol. The highest BCUT2D eigenvalue weighted by atomic mass is 14.7. The normalized spacial score (nSPS) is 12.2. The second-order valence-corrected chi connectivity index (χ2v) is 11.5. The van der Waals surface area contributed by atoms with E-state index in [-0.39, 0.29) is 10.8 Å². The van der Waals surface area contributed by atoms with Gasteiger partial charge in [0, 0.05) is 41.3 Å². The lowest BCUT2D eigenvalue weighted by Gasteiger charge is -2.20. The van der Waals surface area contributed by atoms with Crippen molar-refractivity contribution < 1.29 is 0 Å². The molecule has 180 valence electrons. The molecule has 0 spiro atoms. The lowest BCUT2D eigenvalue weighted by atomic mass is 9.86. The van der Waals surface area contributed by atoms with Crippen LogP contribution in [0.1, 0.15) is 52.7 Å². The topological polar surface area (TPSA) is 38.7 Å². The van der Waals surface area contributed by atoms with Gasteiger partial charge in [0.05, 0.1) is 11.4 Å². The summed E-state index contributed by atoms with van der Waals surface area (Å²) in [5.41, 5.74) is 9.21. The lowest BCUT2D eigenvalue weighted by Crippen LogP contribution is -2.11. The van der Waals surface area contributed by atoms with E-state index in [0.29, 0.717) is 0 Å². The van der Waals surface area contributed by atoms with E-state index in [2.05, 4.69) is 118 Å². The van der Waals surface area contributed by atoms with Gasteiger partial charge < -0.3 is 0 Å². The van der Waals surface area contributed by atoms with Crippen molar-refractivity contribution in [3.05, 3.63) is 103 Å². The zero-order valence-electron chi connectivity index (χ0n) is 22.0. The minimum absolute atomic E-state index is 0.0600. The van der Waals surface area contributed by atoms with Crippen LogP contribution >= 0.6 is 0 Å². The first-order chi connectivity index (χ1) is 17.1. The van der Waals surface area contributed by atoms with Crippen molar-refractivity contribution >= 4 is 10.8 Å². The summed E-state index contributed by atoms with van der Waals surface area (Å²) in [6.45, 7) is 13.4. The fourth-order valence-corrected chi connectivity index (χ4v) is 4.61. The summed E-state index contributed by atoms with van der Waals surface area (Å²) < 4.78 is 0. The van der Waals surface area contributed by atoms with Gasteiger partial charge in [0.25, 0.3) is 0 Å². The molecule has 0 bridgehead atoms. The van der Waals surface area contributed by atoms with E-state index in [9.17, 15) is 0 Å². The molecule has 36 heavy (non-hydrogen) atoms. The van der Waals surface area contributed by atoms with E-state index in [1.807, 2.05) is 24.8 Å². The Morgan fingerprint density at radius 3 is 1.83 bits per heavy atom. The highest BCUT2D eigenvalue weighted by molar-refractivity contribution is 6.04. The zero-order valence-corrected chi connectivity index (χ0v) is 22.0. The summed E-state index contributed by atoms with van der Waals surface area (Å²) in [6, 6.07) is 23.8.